The zero-order valence-corrected chi connectivity index (χ0v) is 10.8. The van der Waals surface area contributed by atoms with Crippen LogP contribution in [0, 0.1) is 0 Å². The minimum Gasteiger partial charge on any atom is -0.457 e. The molecule has 18 heavy (non-hydrogen) atoms. The van der Waals surface area contributed by atoms with Crippen LogP contribution in [0.3, 0.4) is 0 Å². The Morgan fingerprint density at radius 2 is 2.06 bits per heavy atom. The van der Waals surface area contributed by atoms with Gasteiger partial charge in [-0.25, -0.2) is 0 Å². The van der Waals surface area contributed by atoms with Gasteiger partial charge in [0.2, 0.25) is 0 Å². The van der Waals surface area contributed by atoms with Gasteiger partial charge in [-0.1, -0.05) is 18.2 Å². The maximum absolute atomic E-state index is 12.4. The van der Waals surface area contributed by atoms with E-state index >= 15 is 0 Å². The molecule has 0 aliphatic carbocycles. The van der Waals surface area contributed by atoms with Crippen LogP contribution in [0.2, 0.25) is 0 Å². The van der Waals surface area contributed by atoms with Crippen molar-refractivity contribution in [3.8, 4) is 0 Å². The SMILES string of the molecule is O=C(c1ccoc1Br)c1cccc2ccncc12. The molecule has 0 spiro atoms. The van der Waals surface area contributed by atoms with E-state index in [-0.39, 0.29) is 5.78 Å². The highest BCUT2D eigenvalue weighted by molar-refractivity contribution is 9.10. The second-order valence-corrected chi connectivity index (χ2v) is 4.56. The molecule has 3 nitrogen and oxygen atoms in total. The van der Waals surface area contributed by atoms with Gasteiger partial charge < -0.3 is 4.42 Å². The van der Waals surface area contributed by atoms with Gasteiger partial charge in [0.25, 0.3) is 0 Å². The highest BCUT2D eigenvalue weighted by Crippen LogP contribution is 2.25. The van der Waals surface area contributed by atoms with Gasteiger partial charge >= 0.3 is 0 Å². The second kappa shape index (κ2) is 4.38. The van der Waals surface area contributed by atoms with E-state index in [4.69, 9.17) is 4.42 Å². The minimum atomic E-state index is -0.0748. The van der Waals surface area contributed by atoms with E-state index in [2.05, 4.69) is 20.9 Å². The van der Waals surface area contributed by atoms with Crippen LogP contribution in [-0.4, -0.2) is 10.8 Å². The molecule has 88 valence electrons. The topological polar surface area (TPSA) is 43.1 Å². The van der Waals surface area contributed by atoms with E-state index in [1.807, 2.05) is 18.2 Å². The number of aromatic nitrogens is 1. The number of fused-ring (bicyclic) bond motifs is 1. The number of halogens is 1. The molecule has 0 saturated carbocycles. The lowest BCUT2D eigenvalue weighted by molar-refractivity contribution is 0.103. The van der Waals surface area contributed by atoms with Crippen LogP contribution in [0.4, 0.5) is 0 Å². The van der Waals surface area contributed by atoms with Gasteiger partial charge in [-0.3, -0.25) is 9.78 Å². The van der Waals surface area contributed by atoms with Crippen molar-refractivity contribution in [2.45, 2.75) is 0 Å². The van der Waals surface area contributed by atoms with Gasteiger partial charge in [0, 0.05) is 23.3 Å². The predicted molar refractivity (Wildman–Crippen MR) is 71.6 cm³/mol. The summed E-state index contributed by atoms with van der Waals surface area (Å²) in [6.45, 7) is 0. The van der Waals surface area contributed by atoms with Gasteiger partial charge in [-0.05, 0) is 33.4 Å². The van der Waals surface area contributed by atoms with Crippen LogP contribution in [0.1, 0.15) is 15.9 Å². The van der Waals surface area contributed by atoms with Crippen LogP contribution in [0.5, 0.6) is 0 Å². The zero-order valence-electron chi connectivity index (χ0n) is 9.26. The number of carbonyl (C=O) groups excluding carboxylic acids is 1. The van der Waals surface area contributed by atoms with Gasteiger partial charge in [0.1, 0.15) is 0 Å². The lowest BCUT2D eigenvalue weighted by atomic mass is 10.0. The average Bonchev–Trinajstić information content (AvgIpc) is 2.83. The summed E-state index contributed by atoms with van der Waals surface area (Å²) in [5, 5.41) is 1.84. The Balaban J connectivity index is 2.21. The molecule has 0 saturated heterocycles. The monoisotopic (exact) mass is 301 g/mol. The number of furan rings is 1. The number of rotatable bonds is 2. The summed E-state index contributed by atoms with van der Waals surface area (Å²) in [4.78, 5) is 16.5. The molecule has 0 atom stereocenters. The van der Waals surface area contributed by atoms with E-state index in [1.165, 1.54) is 6.26 Å². The Bertz CT molecular complexity index is 728. The maximum atomic E-state index is 12.4. The van der Waals surface area contributed by atoms with Crippen molar-refractivity contribution in [2.75, 3.05) is 0 Å². The Morgan fingerprint density at radius 3 is 2.83 bits per heavy atom. The zero-order chi connectivity index (χ0) is 12.5. The van der Waals surface area contributed by atoms with Crippen molar-refractivity contribution >= 4 is 32.5 Å². The standard InChI is InChI=1S/C14H8BrNO2/c15-14-11(5-7-18-14)13(17)10-3-1-2-9-4-6-16-8-12(9)10/h1-8H. The van der Waals surface area contributed by atoms with Crippen molar-refractivity contribution in [1.29, 1.82) is 0 Å². The summed E-state index contributed by atoms with van der Waals surface area (Å²) >= 11 is 3.23. The molecular weight excluding hydrogens is 294 g/mol. The Labute approximate surface area is 112 Å². The second-order valence-electron chi connectivity index (χ2n) is 3.84. The molecule has 0 bridgehead atoms. The van der Waals surface area contributed by atoms with E-state index in [0.29, 0.717) is 15.8 Å². The van der Waals surface area contributed by atoms with Crippen LogP contribution >= 0.6 is 15.9 Å². The molecule has 0 radical (unpaired) electrons. The smallest absolute Gasteiger partial charge is 0.198 e. The van der Waals surface area contributed by atoms with Crippen LogP contribution in [0.25, 0.3) is 10.8 Å². The van der Waals surface area contributed by atoms with Crippen molar-refractivity contribution in [1.82, 2.24) is 4.98 Å². The molecule has 1 aromatic carbocycles. The summed E-state index contributed by atoms with van der Waals surface area (Å²) in [7, 11) is 0. The molecule has 0 amide bonds. The largest absolute Gasteiger partial charge is 0.457 e. The third-order valence-electron chi connectivity index (χ3n) is 2.79. The fourth-order valence-corrected chi connectivity index (χ4v) is 2.33. The molecule has 0 aliphatic heterocycles. The number of pyridine rings is 1. The lowest BCUT2D eigenvalue weighted by Gasteiger charge is -2.04. The van der Waals surface area contributed by atoms with E-state index in [1.54, 1.807) is 24.5 Å². The first-order valence-corrected chi connectivity index (χ1v) is 6.17. The first-order chi connectivity index (χ1) is 8.77. The summed E-state index contributed by atoms with van der Waals surface area (Å²) in [5.41, 5.74) is 1.15. The molecule has 2 aromatic heterocycles. The molecule has 2 heterocycles. The maximum Gasteiger partial charge on any atom is 0.198 e. The van der Waals surface area contributed by atoms with Crippen LogP contribution in [-0.2, 0) is 0 Å². The molecule has 3 rings (SSSR count). The molecule has 0 aliphatic rings. The van der Waals surface area contributed by atoms with Crippen molar-refractivity contribution < 1.29 is 9.21 Å². The quantitative estimate of drug-likeness (QED) is 0.676. The third kappa shape index (κ3) is 1.75. The lowest BCUT2D eigenvalue weighted by Crippen LogP contribution is -2.01. The molecule has 0 fully saturated rings. The van der Waals surface area contributed by atoms with Crippen molar-refractivity contribution in [3.63, 3.8) is 0 Å². The van der Waals surface area contributed by atoms with Crippen LogP contribution < -0.4 is 0 Å². The third-order valence-corrected chi connectivity index (χ3v) is 3.40. The summed E-state index contributed by atoms with van der Waals surface area (Å²) in [6, 6.07) is 9.16. The van der Waals surface area contributed by atoms with Gasteiger partial charge in [-0.15, -0.1) is 0 Å². The predicted octanol–water partition coefficient (Wildman–Crippen LogP) is 3.82. The van der Waals surface area contributed by atoms with Gasteiger partial charge in [0.15, 0.2) is 10.5 Å². The van der Waals surface area contributed by atoms with E-state index in [9.17, 15) is 4.79 Å². The Hall–Kier alpha value is -1.94. The summed E-state index contributed by atoms with van der Waals surface area (Å²) in [5.74, 6) is -0.0748. The summed E-state index contributed by atoms with van der Waals surface area (Å²) in [6.07, 6.45) is 4.90. The molecule has 4 heteroatoms. The van der Waals surface area contributed by atoms with Crippen LogP contribution in [0.15, 0.2) is 58.1 Å². The van der Waals surface area contributed by atoms with Gasteiger partial charge in [0.05, 0.1) is 11.8 Å². The van der Waals surface area contributed by atoms with E-state index in [0.717, 1.165) is 10.8 Å². The number of benzene rings is 1. The number of hydrogen-bond acceptors (Lipinski definition) is 3. The van der Waals surface area contributed by atoms with Crippen molar-refractivity contribution in [2.24, 2.45) is 0 Å². The molecule has 0 unspecified atom stereocenters. The Kier molecular flexibility index (Phi) is 2.72. The number of ketones is 1. The highest BCUT2D eigenvalue weighted by Gasteiger charge is 2.16. The Morgan fingerprint density at radius 1 is 1.17 bits per heavy atom. The number of hydrogen-bond donors (Lipinski definition) is 0. The summed E-state index contributed by atoms with van der Waals surface area (Å²) < 4.78 is 5.55. The minimum absolute atomic E-state index is 0.0748. The normalized spacial score (nSPS) is 10.7. The average molecular weight is 302 g/mol. The fourth-order valence-electron chi connectivity index (χ4n) is 1.91. The molecular formula is C14H8BrNO2. The van der Waals surface area contributed by atoms with Gasteiger partial charge in [-0.2, -0.15) is 0 Å². The van der Waals surface area contributed by atoms with Crippen molar-refractivity contribution in [3.05, 3.63) is 64.8 Å². The molecule has 3 aromatic rings. The first-order valence-electron chi connectivity index (χ1n) is 5.38. The van der Waals surface area contributed by atoms with E-state index < -0.39 is 0 Å². The highest BCUT2D eigenvalue weighted by atomic mass is 79.9. The molecule has 0 N–H and O–H groups in total. The fraction of sp³-hybridized carbons (Fsp3) is 0. The number of carbonyl (C=O) groups is 1. The first kappa shape index (κ1) is 11.2. The number of nitrogens with zero attached hydrogens (tertiary/aromatic N) is 1.